The Balaban J connectivity index is 2.18. The summed E-state index contributed by atoms with van der Waals surface area (Å²) in [6.45, 7) is 1.43. The second-order valence-electron chi connectivity index (χ2n) is 3.09. The van der Waals surface area contributed by atoms with Crippen molar-refractivity contribution >= 4 is 17.6 Å². The van der Waals surface area contributed by atoms with Gasteiger partial charge in [-0.25, -0.2) is 0 Å². The van der Waals surface area contributed by atoms with Gasteiger partial charge in [0.2, 0.25) is 0 Å². The normalized spacial score (nSPS) is 19.8. The molecule has 2 N–H and O–H groups in total. The van der Waals surface area contributed by atoms with Crippen molar-refractivity contribution in [2.24, 2.45) is 10.9 Å². The summed E-state index contributed by atoms with van der Waals surface area (Å²) in [5.41, 5.74) is 5.65. The minimum Gasteiger partial charge on any atom is -0.455 e. The molecule has 0 spiro atoms. The molecule has 6 nitrogen and oxygen atoms in total. The molecule has 1 aliphatic heterocycles. The van der Waals surface area contributed by atoms with Gasteiger partial charge in [-0.15, -0.1) is 0 Å². The molecule has 1 aliphatic rings. The van der Waals surface area contributed by atoms with E-state index in [1.807, 2.05) is 6.92 Å². The van der Waals surface area contributed by atoms with Crippen LogP contribution in [0, 0.1) is 0 Å². The van der Waals surface area contributed by atoms with Gasteiger partial charge in [0.05, 0.1) is 12.1 Å². The largest absolute Gasteiger partial charge is 0.455 e. The van der Waals surface area contributed by atoms with Gasteiger partial charge < -0.3 is 15.3 Å². The summed E-state index contributed by atoms with van der Waals surface area (Å²) in [6, 6.07) is 0. The van der Waals surface area contributed by atoms with E-state index >= 15 is 0 Å². The van der Waals surface area contributed by atoms with Gasteiger partial charge in [0, 0.05) is 6.42 Å². The molecule has 0 aromatic rings. The summed E-state index contributed by atoms with van der Waals surface area (Å²) in [5, 5.41) is 3.68. The number of nitrogens with zero attached hydrogens (tertiary/aromatic N) is 1. The first-order valence-electron chi connectivity index (χ1n) is 4.21. The zero-order chi connectivity index (χ0) is 10.6. The summed E-state index contributed by atoms with van der Waals surface area (Å²) < 4.78 is 4.56. The predicted octanol–water partition coefficient (Wildman–Crippen LogP) is -0.430. The SMILES string of the molecule is CC1=NOC(CC(=O)OCC(N)=O)C1. The van der Waals surface area contributed by atoms with Crippen LogP contribution in [0.1, 0.15) is 19.8 Å². The van der Waals surface area contributed by atoms with Gasteiger partial charge >= 0.3 is 5.97 Å². The number of carbonyl (C=O) groups excluding carboxylic acids is 2. The van der Waals surface area contributed by atoms with Crippen LogP contribution in [0.5, 0.6) is 0 Å². The quantitative estimate of drug-likeness (QED) is 0.623. The number of primary amides is 1. The number of esters is 1. The average molecular weight is 200 g/mol. The lowest BCUT2D eigenvalue weighted by molar-refractivity contribution is -0.150. The first kappa shape index (κ1) is 10.5. The minimum absolute atomic E-state index is 0.0914. The third-order valence-corrected chi connectivity index (χ3v) is 1.65. The zero-order valence-electron chi connectivity index (χ0n) is 7.86. The molecule has 1 unspecified atom stereocenters. The molecule has 1 heterocycles. The lowest BCUT2D eigenvalue weighted by atomic mass is 10.1. The maximum Gasteiger partial charge on any atom is 0.310 e. The van der Waals surface area contributed by atoms with Crippen molar-refractivity contribution < 1.29 is 19.2 Å². The van der Waals surface area contributed by atoms with E-state index in [-0.39, 0.29) is 19.1 Å². The van der Waals surface area contributed by atoms with Gasteiger partial charge in [0.15, 0.2) is 6.61 Å². The third-order valence-electron chi connectivity index (χ3n) is 1.65. The van der Waals surface area contributed by atoms with Crippen LogP contribution in [0.3, 0.4) is 0 Å². The van der Waals surface area contributed by atoms with Crippen molar-refractivity contribution in [1.29, 1.82) is 0 Å². The standard InChI is InChI=1S/C8H12N2O4/c1-5-2-6(14-10-5)3-8(12)13-4-7(9)11/h6H,2-4H2,1H3,(H2,9,11). The van der Waals surface area contributed by atoms with Crippen molar-refractivity contribution in [3.05, 3.63) is 0 Å². The van der Waals surface area contributed by atoms with Crippen LogP contribution in [-0.2, 0) is 19.2 Å². The third kappa shape index (κ3) is 3.42. The molecule has 1 rings (SSSR count). The van der Waals surface area contributed by atoms with Gasteiger partial charge in [-0.3, -0.25) is 9.59 Å². The molecule has 0 saturated heterocycles. The maximum atomic E-state index is 11.0. The first-order chi connectivity index (χ1) is 6.58. The smallest absolute Gasteiger partial charge is 0.310 e. The van der Waals surface area contributed by atoms with Crippen molar-refractivity contribution in [2.45, 2.75) is 25.9 Å². The Labute approximate surface area is 81.0 Å². The molecule has 6 heteroatoms. The Bertz CT molecular complexity index is 275. The van der Waals surface area contributed by atoms with Gasteiger partial charge in [-0.1, -0.05) is 5.16 Å². The first-order valence-corrected chi connectivity index (χ1v) is 4.21. The lowest BCUT2D eigenvalue weighted by Gasteiger charge is -2.06. The van der Waals surface area contributed by atoms with Gasteiger partial charge in [0.1, 0.15) is 6.10 Å². The summed E-state index contributed by atoms with van der Waals surface area (Å²) in [7, 11) is 0. The number of rotatable bonds is 4. The fourth-order valence-corrected chi connectivity index (χ4v) is 1.07. The van der Waals surface area contributed by atoms with Crippen LogP contribution in [-0.4, -0.2) is 30.3 Å². The topological polar surface area (TPSA) is 91.0 Å². The Morgan fingerprint density at radius 3 is 2.93 bits per heavy atom. The number of amides is 1. The average Bonchev–Trinajstić information content (AvgIpc) is 2.48. The van der Waals surface area contributed by atoms with Gasteiger partial charge in [0.25, 0.3) is 5.91 Å². The molecule has 0 aromatic carbocycles. The van der Waals surface area contributed by atoms with E-state index in [0.717, 1.165) is 5.71 Å². The summed E-state index contributed by atoms with van der Waals surface area (Å²) >= 11 is 0. The summed E-state index contributed by atoms with van der Waals surface area (Å²) in [4.78, 5) is 26.2. The molecule has 0 aromatic heterocycles. The predicted molar refractivity (Wildman–Crippen MR) is 47.4 cm³/mol. The second-order valence-corrected chi connectivity index (χ2v) is 3.09. The fraction of sp³-hybridized carbons (Fsp3) is 0.625. The van der Waals surface area contributed by atoms with Crippen molar-refractivity contribution in [2.75, 3.05) is 6.61 Å². The highest BCUT2D eigenvalue weighted by molar-refractivity contribution is 5.84. The molecule has 78 valence electrons. The molecule has 0 radical (unpaired) electrons. The molecular weight excluding hydrogens is 188 g/mol. The number of hydrogen-bond acceptors (Lipinski definition) is 5. The summed E-state index contributed by atoms with van der Waals surface area (Å²) in [5.74, 6) is -1.17. The van der Waals surface area contributed by atoms with Gasteiger partial charge in [-0.05, 0) is 6.92 Å². The van der Waals surface area contributed by atoms with Crippen molar-refractivity contribution in [3.8, 4) is 0 Å². The van der Waals surface area contributed by atoms with Crippen LogP contribution in [0.4, 0.5) is 0 Å². The number of carbonyl (C=O) groups is 2. The maximum absolute atomic E-state index is 11.0. The van der Waals surface area contributed by atoms with Crippen LogP contribution in [0.2, 0.25) is 0 Å². The molecule has 1 atom stereocenters. The molecule has 14 heavy (non-hydrogen) atoms. The Morgan fingerprint density at radius 2 is 2.43 bits per heavy atom. The van der Waals surface area contributed by atoms with E-state index in [1.165, 1.54) is 0 Å². The van der Waals surface area contributed by atoms with Crippen LogP contribution in [0.25, 0.3) is 0 Å². The zero-order valence-corrected chi connectivity index (χ0v) is 7.86. The molecule has 0 fully saturated rings. The fourth-order valence-electron chi connectivity index (χ4n) is 1.07. The van der Waals surface area contributed by atoms with E-state index in [4.69, 9.17) is 10.6 Å². The highest BCUT2D eigenvalue weighted by atomic mass is 16.6. The molecule has 0 bridgehead atoms. The molecule has 1 amide bonds. The minimum atomic E-state index is -0.668. The highest BCUT2D eigenvalue weighted by Crippen LogP contribution is 2.13. The van der Waals surface area contributed by atoms with Crippen LogP contribution >= 0.6 is 0 Å². The monoisotopic (exact) mass is 200 g/mol. The van der Waals surface area contributed by atoms with Crippen LogP contribution < -0.4 is 5.73 Å². The Morgan fingerprint density at radius 1 is 1.71 bits per heavy atom. The number of hydrogen-bond donors (Lipinski definition) is 1. The number of nitrogens with two attached hydrogens (primary N) is 1. The van der Waals surface area contributed by atoms with Crippen LogP contribution in [0.15, 0.2) is 5.16 Å². The Hall–Kier alpha value is -1.59. The van der Waals surface area contributed by atoms with E-state index < -0.39 is 11.9 Å². The van der Waals surface area contributed by atoms with Crippen molar-refractivity contribution in [1.82, 2.24) is 0 Å². The number of oxime groups is 1. The van der Waals surface area contributed by atoms with E-state index in [0.29, 0.717) is 6.42 Å². The molecule has 0 aliphatic carbocycles. The Kier molecular flexibility index (Phi) is 3.44. The van der Waals surface area contributed by atoms with E-state index in [2.05, 4.69) is 9.89 Å². The van der Waals surface area contributed by atoms with E-state index in [1.54, 1.807) is 0 Å². The summed E-state index contributed by atoms with van der Waals surface area (Å²) in [6.07, 6.45) is 0.440. The van der Waals surface area contributed by atoms with Crippen molar-refractivity contribution in [3.63, 3.8) is 0 Å². The van der Waals surface area contributed by atoms with E-state index in [9.17, 15) is 9.59 Å². The second kappa shape index (κ2) is 4.59. The molecule has 0 saturated carbocycles. The lowest BCUT2D eigenvalue weighted by Crippen LogP contribution is -2.23. The number of ether oxygens (including phenoxy) is 1. The molecular formula is C8H12N2O4. The van der Waals surface area contributed by atoms with Gasteiger partial charge in [-0.2, -0.15) is 0 Å². The highest BCUT2D eigenvalue weighted by Gasteiger charge is 2.22.